The van der Waals surface area contributed by atoms with Gasteiger partial charge in [0.2, 0.25) is 6.39 Å². The summed E-state index contributed by atoms with van der Waals surface area (Å²) >= 11 is 1.86. The molecule has 1 fully saturated rings. The minimum absolute atomic E-state index is 0.370. The first-order valence-corrected chi connectivity index (χ1v) is 4.96. The lowest BCUT2D eigenvalue weighted by atomic mass is 9.93. The number of nitrogens with zero attached hydrogens (tertiary/aromatic N) is 2. The van der Waals surface area contributed by atoms with Crippen molar-refractivity contribution in [1.29, 1.82) is 0 Å². The van der Waals surface area contributed by atoms with Gasteiger partial charge >= 0.3 is 0 Å². The van der Waals surface area contributed by atoms with Gasteiger partial charge in [-0.05, 0) is 12.2 Å². The molecule has 66 valence electrons. The first-order valence-electron chi connectivity index (χ1n) is 3.91. The van der Waals surface area contributed by atoms with Gasteiger partial charge in [0.15, 0.2) is 5.82 Å². The Kier molecular flexibility index (Phi) is 1.84. The van der Waals surface area contributed by atoms with Crippen molar-refractivity contribution in [3.63, 3.8) is 0 Å². The second kappa shape index (κ2) is 2.74. The molecule has 0 bridgehead atoms. The van der Waals surface area contributed by atoms with Crippen molar-refractivity contribution in [3.05, 3.63) is 12.2 Å². The minimum Gasteiger partial charge on any atom is -0.343 e. The minimum atomic E-state index is -0.377. The summed E-state index contributed by atoms with van der Waals surface area (Å²) in [6, 6.07) is 0. The molecule has 2 rings (SSSR count). The quantitative estimate of drug-likeness (QED) is 0.699. The topological polar surface area (TPSA) is 64.9 Å². The predicted molar refractivity (Wildman–Crippen MR) is 46.7 cm³/mol. The van der Waals surface area contributed by atoms with Crippen LogP contribution in [0.4, 0.5) is 0 Å². The summed E-state index contributed by atoms with van der Waals surface area (Å²) in [5.74, 6) is 1.71. The van der Waals surface area contributed by atoms with Gasteiger partial charge in [0.05, 0.1) is 5.54 Å². The van der Waals surface area contributed by atoms with Crippen LogP contribution in [-0.4, -0.2) is 21.1 Å². The Morgan fingerprint density at radius 1 is 1.83 bits per heavy atom. The molecule has 12 heavy (non-hydrogen) atoms. The molecule has 1 aliphatic heterocycles. The van der Waals surface area contributed by atoms with E-state index in [4.69, 9.17) is 10.3 Å². The van der Waals surface area contributed by atoms with Crippen LogP contribution in [-0.2, 0) is 5.54 Å². The second-order valence-electron chi connectivity index (χ2n) is 3.06. The molecule has 1 aromatic heterocycles. The third kappa shape index (κ3) is 1.04. The van der Waals surface area contributed by atoms with E-state index in [0.717, 1.165) is 12.2 Å². The van der Waals surface area contributed by atoms with Crippen LogP contribution >= 0.6 is 11.8 Å². The van der Waals surface area contributed by atoms with Gasteiger partial charge in [-0.2, -0.15) is 16.7 Å². The largest absolute Gasteiger partial charge is 0.343 e. The maximum atomic E-state index is 6.16. The average molecular weight is 185 g/mol. The van der Waals surface area contributed by atoms with Crippen LogP contribution in [0.25, 0.3) is 0 Å². The summed E-state index contributed by atoms with van der Waals surface area (Å²) in [4.78, 5) is 4.00. The molecule has 0 radical (unpaired) electrons. The SMILES string of the molecule is CC1SCCC1(N)c1ncon1. The zero-order valence-corrected chi connectivity index (χ0v) is 7.67. The molecule has 0 aromatic carbocycles. The van der Waals surface area contributed by atoms with Gasteiger partial charge in [0, 0.05) is 5.25 Å². The lowest BCUT2D eigenvalue weighted by Crippen LogP contribution is -2.42. The summed E-state index contributed by atoms with van der Waals surface area (Å²) in [7, 11) is 0. The molecule has 2 unspecified atom stereocenters. The summed E-state index contributed by atoms with van der Waals surface area (Å²) < 4.78 is 4.69. The van der Waals surface area contributed by atoms with Gasteiger partial charge in [-0.3, -0.25) is 0 Å². The van der Waals surface area contributed by atoms with E-state index in [9.17, 15) is 0 Å². The highest BCUT2D eigenvalue weighted by atomic mass is 32.2. The number of thioether (sulfide) groups is 1. The van der Waals surface area contributed by atoms with Crippen LogP contribution in [0.3, 0.4) is 0 Å². The van der Waals surface area contributed by atoms with Gasteiger partial charge < -0.3 is 10.3 Å². The van der Waals surface area contributed by atoms with Crippen molar-refractivity contribution in [1.82, 2.24) is 10.1 Å². The molecule has 5 heteroatoms. The molecule has 2 atom stereocenters. The highest BCUT2D eigenvalue weighted by Crippen LogP contribution is 2.39. The first-order chi connectivity index (χ1) is 5.73. The van der Waals surface area contributed by atoms with Crippen LogP contribution in [0.5, 0.6) is 0 Å². The molecule has 0 aliphatic carbocycles. The van der Waals surface area contributed by atoms with Gasteiger partial charge in [-0.25, -0.2) is 0 Å². The fourth-order valence-electron chi connectivity index (χ4n) is 1.43. The van der Waals surface area contributed by atoms with Crippen molar-refractivity contribution in [3.8, 4) is 0 Å². The standard InChI is InChI=1S/C7H11N3OS/c1-5-7(8,2-3-12-5)6-9-4-11-10-6/h4-5H,2-3,8H2,1H3. The van der Waals surface area contributed by atoms with Crippen molar-refractivity contribution in [2.45, 2.75) is 24.1 Å². The second-order valence-corrected chi connectivity index (χ2v) is 4.51. The van der Waals surface area contributed by atoms with E-state index < -0.39 is 0 Å². The Morgan fingerprint density at radius 2 is 2.67 bits per heavy atom. The third-order valence-corrected chi connectivity index (χ3v) is 3.75. The number of rotatable bonds is 1. The van der Waals surface area contributed by atoms with E-state index in [1.54, 1.807) is 0 Å². The smallest absolute Gasteiger partial charge is 0.213 e. The summed E-state index contributed by atoms with van der Waals surface area (Å²) in [5.41, 5.74) is 5.79. The Hall–Kier alpha value is -0.550. The molecular weight excluding hydrogens is 174 g/mol. The maximum absolute atomic E-state index is 6.16. The van der Waals surface area contributed by atoms with Crippen LogP contribution in [0.15, 0.2) is 10.9 Å². The van der Waals surface area contributed by atoms with E-state index >= 15 is 0 Å². The zero-order valence-electron chi connectivity index (χ0n) is 6.86. The van der Waals surface area contributed by atoms with Crippen molar-refractivity contribution >= 4 is 11.8 Å². The number of aromatic nitrogens is 2. The molecule has 1 saturated heterocycles. The van der Waals surface area contributed by atoms with E-state index in [1.165, 1.54) is 6.39 Å². The summed E-state index contributed by atoms with van der Waals surface area (Å²) in [5, 5.41) is 4.17. The first kappa shape index (κ1) is 8.07. The van der Waals surface area contributed by atoms with Gasteiger partial charge in [-0.15, -0.1) is 0 Å². The average Bonchev–Trinajstić information content (AvgIpc) is 2.62. The van der Waals surface area contributed by atoms with Gasteiger partial charge in [-0.1, -0.05) is 12.1 Å². The zero-order chi connectivity index (χ0) is 8.60. The summed E-state index contributed by atoms with van der Waals surface area (Å²) in [6.45, 7) is 2.11. The predicted octanol–water partition coefficient (Wildman–Crippen LogP) is 0.749. The highest BCUT2D eigenvalue weighted by molar-refractivity contribution is 8.00. The van der Waals surface area contributed by atoms with E-state index in [0.29, 0.717) is 11.1 Å². The fraction of sp³-hybridized carbons (Fsp3) is 0.714. The fourth-order valence-corrected chi connectivity index (χ4v) is 2.76. The Balaban J connectivity index is 2.32. The molecule has 0 saturated carbocycles. The van der Waals surface area contributed by atoms with E-state index in [-0.39, 0.29) is 5.54 Å². The Bertz CT molecular complexity index is 264. The number of hydrogen-bond acceptors (Lipinski definition) is 5. The van der Waals surface area contributed by atoms with Crippen molar-refractivity contribution < 1.29 is 4.52 Å². The molecule has 2 heterocycles. The molecule has 2 N–H and O–H groups in total. The molecule has 4 nitrogen and oxygen atoms in total. The summed E-state index contributed by atoms with van der Waals surface area (Å²) in [6.07, 6.45) is 2.26. The van der Waals surface area contributed by atoms with Crippen molar-refractivity contribution in [2.75, 3.05) is 5.75 Å². The Morgan fingerprint density at radius 3 is 3.17 bits per heavy atom. The van der Waals surface area contributed by atoms with Crippen LogP contribution in [0.2, 0.25) is 0 Å². The number of nitrogens with two attached hydrogens (primary N) is 1. The Labute approximate surface area is 74.9 Å². The molecule has 0 spiro atoms. The van der Waals surface area contributed by atoms with E-state index in [2.05, 4.69) is 17.1 Å². The lowest BCUT2D eigenvalue weighted by molar-refractivity contribution is 0.363. The molecule has 1 aromatic rings. The third-order valence-electron chi connectivity index (χ3n) is 2.39. The normalized spacial score (nSPS) is 35.7. The molecule has 0 amide bonds. The van der Waals surface area contributed by atoms with Gasteiger partial charge in [0.25, 0.3) is 0 Å². The van der Waals surface area contributed by atoms with Crippen LogP contribution in [0, 0.1) is 0 Å². The molecular formula is C7H11N3OS. The van der Waals surface area contributed by atoms with Crippen LogP contribution in [0.1, 0.15) is 19.2 Å². The maximum Gasteiger partial charge on any atom is 0.213 e. The van der Waals surface area contributed by atoms with Crippen LogP contribution < -0.4 is 5.73 Å². The van der Waals surface area contributed by atoms with E-state index in [1.807, 2.05) is 11.8 Å². The van der Waals surface area contributed by atoms with Gasteiger partial charge in [0.1, 0.15) is 0 Å². The highest BCUT2D eigenvalue weighted by Gasteiger charge is 2.42. The monoisotopic (exact) mass is 185 g/mol. The van der Waals surface area contributed by atoms with Crippen molar-refractivity contribution in [2.24, 2.45) is 5.73 Å². The lowest BCUT2D eigenvalue weighted by Gasteiger charge is -2.23. The number of hydrogen-bond donors (Lipinski definition) is 1. The molecule has 1 aliphatic rings.